The van der Waals surface area contributed by atoms with E-state index >= 15 is 0 Å². The Morgan fingerprint density at radius 3 is 2.58 bits per heavy atom. The predicted molar refractivity (Wildman–Crippen MR) is 76.7 cm³/mol. The molecule has 2 aromatic carbocycles. The van der Waals surface area contributed by atoms with Crippen LogP contribution in [-0.2, 0) is 6.42 Å². The lowest BCUT2D eigenvalue weighted by Crippen LogP contribution is -2.25. The van der Waals surface area contributed by atoms with Crippen molar-refractivity contribution >= 4 is 11.6 Å². The maximum absolute atomic E-state index is 11.9. The Hall–Kier alpha value is -2.29. The van der Waals surface area contributed by atoms with Crippen molar-refractivity contribution in [3.05, 3.63) is 72.1 Å². The Morgan fingerprint density at radius 1 is 1.16 bits per heavy atom. The van der Waals surface area contributed by atoms with Gasteiger partial charge in [-0.1, -0.05) is 24.3 Å². The fraction of sp³-hybridized carbons (Fsp3) is 0.125. The molecule has 2 rings (SSSR count). The summed E-state index contributed by atoms with van der Waals surface area (Å²) in [7, 11) is 0. The molecule has 0 aliphatic rings. The van der Waals surface area contributed by atoms with Gasteiger partial charge in [-0.2, -0.15) is 0 Å². The average Bonchev–Trinajstić information content (AvgIpc) is 2.41. The van der Waals surface area contributed by atoms with Crippen LogP contribution < -0.4 is 11.1 Å². The SMILES string of the molecule is [CH]c1cccc(C(=O)NCCc2ccc(N)cc2)c1. The standard InChI is InChI=1S/C16H16N2O/c1-12-3-2-4-14(11-12)16(19)18-10-9-13-5-7-15(17)8-6-13/h1-8,11H,9-10,17H2,(H,18,19). The second-order valence-electron chi connectivity index (χ2n) is 4.37. The lowest BCUT2D eigenvalue weighted by atomic mass is 10.1. The third-order valence-electron chi connectivity index (χ3n) is 2.83. The van der Waals surface area contributed by atoms with Crippen LogP contribution in [-0.4, -0.2) is 12.5 Å². The number of nitrogens with two attached hydrogens (primary N) is 1. The highest BCUT2D eigenvalue weighted by molar-refractivity contribution is 5.94. The van der Waals surface area contributed by atoms with Gasteiger partial charge in [-0.3, -0.25) is 4.79 Å². The lowest BCUT2D eigenvalue weighted by Gasteiger charge is -2.06. The second kappa shape index (κ2) is 6.05. The molecule has 0 bridgehead atoms. The zero-order chi connectivity index (χ0) is 13.7. The zero-order valence-corrected chi connectivity index (χ0v) is 10.6. The number of benzene rings is 2. The predicted octanol–water partition coefficient (Wildman–Crippen LogP) is 2.30. The van der Waals surface area contributed by atoms with E-state index in [4.69, 9.17) is 12.7 Å². The summed E-state index contributed by atoms with van der Waals surface area (Å²) in [6.45, 7) is 6.22. The minimum absolute atomic E-state index is 0.109. The van der Waals surface area contributed by atoms with Crippen LogP contribution in [0.1, 0.15) is 21.5 Å². The molecule has 0 spiro atoms. The maximum Gasteiger partial charge on any atom is 0.251 e. The van der Waals surface area contributed by atoms with Gasteiger partial charge in [0.1, 0.15) is 0 Å². The third kappa shape index (κ3) is 3.85. The molecule has 0 atom stereocenters. The van der Waals surface area contributed by atoms with E-state index in [0.29, 0.717) is 17.7 Å². The number of anilines is 1. The Morgan fingerprint density at radius 2 is 1.89 bits per heavy atom. The molecular weight excluding hydrogens is 236 g/mol. The van der Waals surface area contributed by atoms with E-state index < -0.39 is 0 Å². The van der Waals surface area contributed by atoms with Crippen LogP contribution in [0.5, 0.6) is 0 Å². The monoisotopic (exact) mass is 252 g/mol. The van der Waals surface area contributed by atoms with Gasteiger partial charge in [0.25, 0.3) is 5.91 Å². The van der Waals surface area contributed by atoms with E-state index in [-0.39, 0.29) is 5.91 Å². The van der Waals surface area contributed by atoms with Crippen molar-refractivity contribution in [1.82, 2.24) is 5.32 Å². The van der Waals surface area contributed by atoms with Crippen LogP contribution in [0.15, 0.2) is 48.5 Å². The number of hydrogen-bond donors (Lipinski definition) is 2. The summed E-state index contributed by atoms with van der Waals surface area (Å²) in [5.74, 6) is -0.109. The summed E-state index contributed by atoms with van der Waals surface area (Å²) in [6, 6.07) is 14.6. The van der Waals surface area contributed by atoms with E-state index in [0.717, 1.165) is 17.7 Å². The first kappa shape index (κ1) is 13.1. The Labute approximate surface area is 113 Å². The van der Waals surface area contributed by atoms with Crippen molar-refractivity contribution in [3.63, 3.8) is 0 Å². The number of rotatable bonds is 4. The first-order chi connectivity index (χ1) is 9.15. The second-order valence-corrected chi connectivity index (χ2v) is 4.37. The third-order valence-corrected chi connectivity index (χ3v) is 2.83. The molecule has 19 heavy (non-hydrogen) atoms. The minimum Gasteiger partial charge on any atom is -0.399 e. The first-order valence-corrected chi connectivity index (χ1v) is 6.13. The summed E-state index contributed by atoms with van der Waals surface area (Å²) >= 11 is 0. The smallest absolute Gasteiger partial charge is 0.251 e. The molecule has 0 aliphatic carbocycles. The van der Waals surface area contributed by atoms with E-state index in [9.17, 15) is 4.79 Å². The molecule has 0 aromatic heterocycles. The highest BCUT2D eigenvalue weighted by atomic mass is 16.1. The van der Waals surface area contributed by atoms with Crippen molar-refractivity contribution in [2.75, 3.05) is 12.3 Å². The number of amides is 1. The van der Waals surface area contributed by atoms with Crippen molar-refractivity contribution in [2.24, 2.45) is 0 Å². The molecule has 2 radical (unpaired) electrons. The number of hydrogen-bond acceptors (Lipinski definition) is 2. The normalized spacial score (nSPS) is 10.2. The molecular formula is C16H16N2O. The number of carbonyl (C=O) groups is 1. The summed E-state index contributed by atoms with van der Waals surface area (Å²) < 4.78 is 0. The fourth-order valence-electron chi connectivity index (χ4n) is 1.79. The van der Waals surface area contributed by atoms with Crippen LogP contribution in [0.3, 0.4) is 0 Å². The molecule has 3 nitrogen and oxygen atoms in total. The maximum atomic E-state index is 11.9. The van der Waals surface area contributed by atoms with Crippen molar-refractivity contribution in [2.45, 2.75) is 6.42 Å². The van der Waals surface area contributed by atoms with Crippen LogP contribution in [0.25, 0.3) is 0 Å². The van der Waals surface area contributed by atoms with Gasteiger partial charge in [0, 0.05) is 17.8 Å². The van der Waals surface area contributed by atoms with Crippen LogP contribution in [0.4, 0.5) is 5.69 Å². The largest absolute Gasteiger partial charge is 0.399 e. The topological polar surface area (TPSA) is 55.1 Å². The summed E-state index contributed by atoms with van der Waals surface area (Å²) in [6.07, 6.45) is 0.772. The molecule has 0 saturated heterocycles. The average molecular weight is 252 g/mol. The van der Waals surface area contributed by atoms with Crippen LogP contribution in [0, 0.1) is 6.92 Å². The van der Waals surface area contributed by atoms with Crippen molar-refractivity contribution < 1.29 is 4.79 Å². The molecule has 0 unspecified atom stereocenters. The summed E-state index contributed by atoms with van der Waals surface area (Å²) in [4.78, 5) is 11.9. The van der Waals surface area contributed by atoms with Gasteiger partial charge >= 0.3 is 0 Å². The van der Waals surface area contributed by atoms with E-state index in [1.54, 1.807) is 24.3 Å². The number of carbonyl (C=O) groups excluding carboxylic acids is 1. The van der Waals surface area contributed by atoms with E-state index in [1.807, 2.05) is 24.3 Å². The van der Waals surface area contributed by atoms with Crippen molar-refractivity contribution in [3.8, 4) is 0 Å². The van der Waals surface area contributed by atoms with Crippen LogP contribution >= 0.6 is 0 Å². The highest BCUT2D eigenvalue weighted by Crippen LogP contribution is 2.06. The molecule has 0 fully saturated rings. The van der Waals surface area contributed by atoms with Gasteiger partial charge in [0.2, 0.25) is 0 Å². The van der Waals surface area contributed by atoms with Crippen LogP contribution in [0.2, 0.25) is 0 Å². The molecule has 0 saturated carbocycles. The minimum atomic E-state index is -0.109. The lowest BCUT2D eigenvalue weighted by molar-refractivity contribution is 0.0954. The van der Waals surface area contributed by atoms with E-state index in [2.05, 4.69) is 5.32 Å². The molecule has 1 amide bonds. The summed E-state index contributed by atoms with van der Waals surface area (Å²) in [5.41, 5.74) is 8.67. The molecule has 96 valence electrons. The Kier molecular flexibility index (Phi) is 4.18. The molecule has 2 aromatic rings. The van der Waals surface area contributed by atoms with Gasteiger partial charge in [-0.25, -0.2) is 0 Å². The molecule has 0 heterocycles. The van der Waals surface area contributed by atoms with E-state index in [1.165, 1.54) is 0 Å². The number of nitrogens with one attached hydrogen (secondary N) is 1. The first-order valence-electron chi connectivity index (χ1n) is 6.13. The van der Waals surface area contributed by atoms with Gasteiger partial charge in [0.15, 0.2) is 0 Å². The zero-order valence-electron chi connectivity index (χ0n) is 10.6. The summed E-state index contributed by atoms with van der Waals surface area (Å²) in [5, 5.41) is 2.86. The quantitative estimate of drug-likeness (QED) is 0.820. The Bertz CT molecular complexity index is 561. The fourth-order valence-corrected chi connectivity index (χ4v) is 1.79. The van der Waals surface area contributed by atoms with Crippen molar-refractivity contribution in [1.29, 1.82) is 0 Å². The van der Waals surface area contributed by atoms with Gasteiger partial charge in [-0.05, 0) is 48.7 Å². The van der Waals surface area contributed by atoms with Gasteiger partial charge in [-0.15, -0.1) is 0 Å². The molecule has 3 heteroatoms. The molecule has 0 aliphatic heterocycles. The molecule has 3 N–H and O–H groups in total. The highest BCUT2D eigenvalue weighted by Gasteiger charge is 2.04. The van der Waals surface area contributed by atoms with Gasteiger partial charge in [0.05, 0.1) is 0 Å². The Balaban J connectivity index is 1.86. The van der Waals surface area contributed by atoms with Gasteiger partial charge < -0.3 is 11.1 Å². The number of nitrogen functional groups attached to an aromatic ring is 1.